The van der Waals surface area contributed by atoms with Gasteiger partial charge in [0.2, 0.25) is 0 Å². The summed E-state index contributed by atoms with van der Waals surface area (Å²) in [6.07, 6.45) is 16.7. The molecule has 9 fully saturated rings. The van der Waals surface area contributed by atoms with Crippen LogP contribution in [0.4, 0.5) is 0 Å². The predicted molar refractivity (Wildman–Crippen MR) is 325 cm³/mol. The summed E-state index contributed by atoms with van der Waals surface area (Å²) in [6.45, 7) is 4.50. The molecule has 3 spiro atoms. The summed E-state index contributed by atoms with van der Waals surface area (Å²) in [4.78, 5) is 29.8. The zero-order valence-electron chi connectivity index (χ0n) is 50.8. The first-order valence-electron chi connectivity index (χ1n) is 34.0. The van der Waals surface area contributed by atoms with E-state index in [-0.39, 0.29) is 73.3 Å². The number of esters is 1. The van der Waals surface area contributed by atoms with Crippen molar-refractivity contribution in [3.05, 3.63) is 117 Å². The number of aliphatic hydroxyl groups is 6. The van der Waals surface area contributed by atoms with Gasteiger partial charge < -0.3 is 45.5 Å². The molecule has 17 rings (SSSR count). The van der Waals surface area contributed by atoms with Crippen LogP contribution < -0.4 is 5.32 Å². The maximum Gasteiger partial charge on any atom is 0.331 e. The molecule has 3 aromatic rings. The molecule has 454 valence electrons. The van der Waals surface area contributed by atoms with Crippen LogP contribution in [0.5, 0.6) is 0 Å². The van der Waals surface area contributed by atoms with Crippen molar-refractivity contribution in [2.45, 2.75) is 222 Å². The zero-order valence-corrected chi connectivity index (χ0v) is 50.8. The molecule has 0 radical (unpaired) electrons. The van der Waals surface area contributed by atoms with E-state index < -0.39 is 86.4 Å². The summed E-state index contributed by atoms with van der Waals surface area (Å²) < 4.78 is 6.56. The molecule has 22 atom stereocenters. The number of aryl methyl sites for hydroxylation is 1. The fourth-order valence-electron chi connectivity index (χ4n) is 24.5. The number of benzene rings is 3. The van der Waals surface area contributed by atoms with Crippen LogP contribution in [-0.2, 0) is 40.2 Å². The van der Waals surface area contributed by atoms with Gasteiger partial charge in [0.1, 0.15) is 23.6 Å². The second-order valence-corrected chi connectivity index (χ2v) is 31.2. The van der Waals surface area contributed by atoms with Gasteiger partial charge in [-0.2, -0.15) is 0 Å². The molecule has 13 aliphatic carbocycles. The number of aldehydes is 1. The Hall–Kier alpha value is -4.18. The van der Waals surface area contributed by atoms with E-state index in [4.69, 9.17) is 4.74 Å². The lowest BCUT2D eigenvalue weighted by molar-refractivity contribution is -0.385. The Morgan fingerprint density at radius 3 is 2.31 bits per heavy atom. The fraction of sp³-hybridized carbons (Fsp3) is 0.680. The second kappa shape index (κ2) is 20.7. The Labute approximate surface area is 504 Å². The molecule has 0 unspecified atom stereocenters. The molecule has 15 bridgehead atoms. The number of carbonyl (C=O) groups excluding carboxylic acids is 2. The third-order valence-corrected chi connectivity index (χ3v) is 28.0. The van der Waals surface area contributed by atoms with Crippen molar-refractivity contribution in [3.63, 3.8) is 0 Å². The fourth-order valence-corrected chi connectivity index (χ4v) is 24.5. The third kappa shape index (κ3) is 8.13. The first-order valence-corrected chi connectivity index (χ1v) is 34.0. The number of likely N-dealkylation sites (N-methyl/N-ethyl adjacent to an activating group) is 1. The molecule has 9 saturated carbocycles. The zero-order chi connectivity index (χ0) is 58.6. The summed E-state index contributed by atoms with van der Waals surface area (Å²) in [6, 6.07) is 24.3. The molecule has 10 heteroatoms. The smallest absolute Gasteiger partial charge is 0.331 e. The highest BCUT2D eigenvalue weighted by atomic mass is 16.5. The Kier molecular flexibility index (Phi) is 13.9. The van der Waals surface area contributed by atoms with Crippen LogP contribution in [-0.4, -0.2) is 91.1 Å². The van der Waals surface area contributed by atoms with Crippen molar-refractivity contribution in [1.82, 2.24) is 5.32 Å². The molecule has 3 aromatic carbocycles. The normalized spacial score (nSPS) is 46.2. The van der Waals surface area contributed by atoms with E-state index in [9.17, 15) is 25.2 Å². The number of ether oxygens (including phenoxy) is 1. The molecule has 10 nitrogen and oxygen atoms in total. The molecule has 0 saturated heterocycles. The van der Waals surface area contributed by atoms with Crippen molar-refractivity contribution >= 4 is 12.3 Å². The Morgan fingerprint density at radius 2 is 1.54 bits per heavy atom. The summed E-state index contributed by atoms with van der Waals surface area (Å²) in [5.74, 6) is 5.39. The molecule has 0 amide bonds. The summed E-state index contributed by atoms with van der Waals surface area (Å²) in [5, 5.41) is 87.9. The average Bonchev–Trinajstić information content (AvgIpc) is 1.64. The summed E-state index contributed by atoms with van der Waals surface area (Å²) in [7, 11) is 1.95. The van der Waals surface area contributed by atoms with E-state index in [2.05, 4.69) is 85.6 Å². The molecule has 85 heavy (non-hydrogen) atoms. The molecule has 1 aliphatic heterocycles. The lowest BCUT2D eigenvalue weighted by Crippen LogP contribution is -2.86. The molecular weight excluding hydrogens is 1060 g/mol. The SMILES string of the molecule is CC[C@H]1c2cccc(c2)CC[C@@H]2CC[C@]3(C2)C[C@]2(C=O)[C@H]4CC[C@@]56C[C@]7(C#Cc8cccc(CO)c8C[C@@H](NC)[C@H]8C[C@H](C[C@]5(O)[C@@]4(O)[C@@H](O)[C@H]4C[C@H]([C@@H](C)C5CCCC5)CC[C@@H]([C@H]3O)[C@@]42O)[C@@H]6C2=CC(=O)O[C@H]28)CC[C@H](Cc2cccc1c2)C7. The highest BCUT2D eigenvalue weighted by molar-refractivity contribution is 5.86. The van der Waals surface area contributed by atoms with E-state index >= 15 is 15.0 Å². The maximum absolute atomic E-state index is 15.6. The van der Waals surface area contributed by atoms with Crippen LogP contribution in [0.3, 0.4) is 0 Å². The van der Waals surface area contributed by atoms with E-state index in [1.54, 1.807) is 6.08 Å². The third-order valence-electron chi connectivity index (χ3n) is 28.0. The summed E-state index contributed by atoms with van der Waals surface area (Å²) >= 11 is 0. The number of aliphatic hydroxyl groups excluding tert-OH is 3. The van der Waals surface area contributed by atoms with Crippen LogP contribution in [0, 0.1) is 98.6 Å². The molecule has 1 heterocycles. The lowest BCUT2D eigenvalue weighted by atomic mass is 9.32. The molecule has 7 N–H and O–H groups in total. The van der Waals surface area contributed by atoms with Gasteiger partial charge in [-0.25, -0.2) is 4.79 Å². The first kappa shape index (κ1) is 57.3. The maximum atomic E-state index is 15.6. The minimum Gasteiger partial charge on any atom is -0.454 e. The van der Waals surface area contributed by atoms with E-state index in [1.165, 1.54) is 35.1 Å². The van der Waals surface area contributed by atoms with Crippen molar-refractivity contribution in [3.8, 4) is 11.8 Å². The van der Waals surface area contributed by atoms with E-state index in [1.807, 2.05) is 19.2 Å². The number of hydrogen-bond donors (Lipinski definition) is 7. The van der Waals surface area contributed by atoms with E-state index in [0.717, 1.165) is 99.2 Å². The number of fused-ring (bicyclic) bond motifs is 3. The van der Waals surface area contributed by atoms with Crippen LogP contribution in [0.15, 0.2) is 78.4 Å². The highest BCUT2D eigenvalue weighted by Gasteiger charge is 2.87. The van der Waals surface area contributed by atoms with Gasteiger partial charge in [0, 0.05) is 58.1 Å². The topological polar surface area (TPSA) is 177 Å². The van der Waals surface area contributed by atoms with Gasteiger partial charge in [0.25, 0.3) is 0 Å². The summed E-state index contributed by atoms with van der Waals surface area (Å²) in [5.41, 5.74) is -1.56. The first-order chi connectivity index (χ1) is 41.0. The van der Waals surface area contributed by atoms with Crippen LogP contribution in [0.1, 0.15) is 194 Å². The van der Waals surface area contributed by atoms with Gasteiger partial charge in [0.15, 0.2) is 0 Å². The standard InChI is InChI=1S/C75H95NO9/c1-4-56-52-15-7-10-45(31-52)18-19-46-23-28-70(38-46)42-72(43-78)63-25-29-71-41-69(26-22-48(37-69)30-47-11-8-16-53(56)32-47)27-24-50-14-9-17-54(40-77)57(50)35-62(76-3)58-33-55(65(71)59-36-64(79)85-66(58)59)39-73(71,82)75(63,84)68(81)61-34-51(44(2)49-12-5-6-13-49)20-21-60(67(70)80)74(61,72)83/h7-11,14-17,31-32,36,43-44,46,48-49,51,55-56,58,60-63,65-68,76-77,80-84H,4-6,12-13,18-23,25-26,28-30,33-35,37-42H2,1-3H3/t44-,46+,48+,51+,55+,56-,58+,60-,61+,62+,63+,65+,66-,67+,68-,69-,70-,71-,72-,73+,74+,75-/m0/s1. The quantitative estimate of drug-likeness (QED) is 0.0714. The Balaban J connectivity index is 0.963. The van der Waals surface area contributed by atoms with Crippen molar-refractivity contribution in [2.75, 3.05) is 7.05 Å². The van der Waals surface area contributed by atoms with Gasteiger partial charge in [-0.15, -0.1) is 0 Å². The number of hydrogen-bond acceptors (Lipinski definition) is 10. The van der Waals surface area contributed by atoms with Crippen LogP contribution in [0.25, 0.3) is 0 Å². The Bertz CT molecular complexity index is 3230. The van der Waals surface area contributed by atoms with Gasteiger partial charge >= 0.3 is 5.97 Å². The minimum absolute atomic E-state index is 0.0617. The highest BCUT2D eigenvalue weighted by Crippen LogP contribution is 2.80. The predicted octanol–water partition coefficient (Wildman–Crippen LogP) is 10.6. The molecule has 14 aliphatic rings. The number of nitrogens with one attached hydrogen (secondary N) is 1. The number of carbonyl (C=O) groups is 2. The minimum atomic E-state index is -2.28. The van der Waals surface area contributed by atoms with Gasteiger partial charge in [-0.1, -0.05) is 112 Å². The van der Waals surface area contributed by atoms with Gasteiger partial charge in [-0.05, 0) is 227 Å². The van der Waals surface area contributed by atoms with Crippen molar-refractivity contribution < 1.29 is 45.0 Å². The van der Waals surface area contributed by atoms with Crippen LogP contribution in [0.2, 0.25) is 0 Å². The van der Waals surface area contributed by atoms with E-state index in [0.29, 0.717) is 57.3 Å². The average molecular weight is 1150 g/mol. The van der Waals surface area contributed by atoms with Crippen molar-refractivity contribution in [1.29, 1.82) is 0 Å². The van der Waals surface area contributed by atoms with Gasteiger partial charge in [-0.3, -0.25) is 0 Å². The lowest BCUT2D eigenvalue weighted by Gasteiger charge is -2.75. The largest absolute Gasteiger partial charge is 0.454 e. The molecular formula is C75H95NO9. The monoisotopic (exact) mass is 1150 g/mol. The number of rotatable bonds is 6. The Morgan fingerprint density at radius 1 is 0.776 bits per heavy atom. The second-order valence-electron chi connectivity index (χ2n) is 31.2. The van der Waals surface area contributed by atoms with Crippen LogP contribution >= 0.6 is 0 Å². The van der Waals surface area contributed by atoms with Gasteiger partial charge in [0.05, 0.1) is 29.8 Å². The molecule has 0 aromatic heterocycles. The van der Waals surface area contributed by atoms with Crippen molar-refractivity contribution in [2.24, 2.45) is 86.8 Å².